The highest BCUT2D eigenvalue weighted by atomic mass is 32.2. The highest BCUT2D eigenvalue weighted by molar-refractivity contribution is 7.89. The van der Waals surface area contributed by atoms with Crippen molar-refractivity contribution in [3.05, 3.63) is 66.8 Å². The van der Waals surface area contributed by atoms with Gasteiger partial charge in [0.05, 0.1) is 4.90 Å². The molecule has 1 aliphatic rings. The van der Waals surface area contributed by atoms with E-state index in [0.717, 1.165) is 36.8 Å². The average Bonchev–Trinajstić information content (AvgIpc) is 2.96. The molecule has 1 aromatic carbocycles. The molecule has 0 saturated heterocycles. The van der Waals surface area contributed by atoms with Crippen molar-refractivity contribution in [1.29, 1.82) is 0 Å². The molecule has 4 heteroatoms. The Kier molecular flexibility index (Phi) is 5.97. The molecule has 1 heterocycles. The van der Waals surface area contributed by atoms with Gasteiger partial charge in [0.1, 0.15) is 0 Å². The molecule has 1 aromatic rings. The Morgan fingerprint density at radius 2 is 1.91 bits per heavy atom. The predicted molar refractivity (Wildman–Crippen MR) is 95.8 cm³/mol. The lowest BCUT2D eigenvalue weighted by molar-refractivity contribution is 0.384. The van der Waals surface area contributed by atoms with Gasteiger partial charge in [-0.05, 0) is 43.9 Å². The van der Waals surface area contributed by atoms with Gasteiger partial charge in [0.15, 0.2) is 0 Å². The van der Waals surface area contributed by atoms with Gasteiger partial charge in [-0.3, -0.25) is 0 Å². The molecular weight excluding hydrogens is 306 g/mol. The molecule has 1 unspecified atom stereocenters. The second-order valence-corrected chi connectivity index (χ2v) is 7.84. The molecule has 124 valence electrons. The molecule has 0 bridgehead atoms. The molecule has 1 aliphatic heterocycles. The summed E-state index contributed by atoms with van der Waals surface area (Å²) in [6.07, 6.45) is 9.51. The molecule has 0 radical (unpaired) electrons. The Morgan fingerprint density at radius 3 is 2.52 bits per heavy atom. The van der Waals surface area contributed by atoms with Crippen molar-refractivity contribution < 1.29 is 8.42 Å². The molecule has 0 amide bonds. The van der Waals surface area contributed by atoms with Crippen molar-refractivity contribution in [1.82, 2.24) is 4.31 Å². The second kappa shape index (κ2) is 7.75. The lowest BCUT2D eigenvalue weighted by Gasteiger charge is -2.24. The van der Waals surface area contributed by atoms with Gasteiger partial charge >= 0.3 is 0 Å². The lowest BCUT2D eigenvalue weighted by Crippen LogP contribution is -2.36. The Balaban J connectivity index is 2.19. The fraction of sp³-hybridized carbons (Fsp3) is 0.368. The second-order valence-electron chi connectivity index (χ2n) is 5.95. The minimum absolute atomic E-state index is 0.0841. The van der Waals surface area contributed by atoms with Crippen molar-refractivity contribution in [3.63, 3.8) is 0 Å². The van der Waals surface area contributed by atoms with E-state index in [9.17, 15) is 8.42 Å². The summed E-state index contributed by atoms with van der Waals surface area (Å²) in [4.78, 5) is 0.359. The highest BCUT2D eigenvalue weighted by Gasteiger charge is 2.34. The molecule has 3 nitrogen and oxygen atoms in total. The van der Waals surface area contributed by atoms with E-state index in [4.69, 9.17) is 0 Å². The first-order valence-corrected chi connectivity index (χ1v) is 9.45. The minimum Gasteiger partial charge on any atom is -0.207 e. The summed E-state index contributed by atoms with van der Waals surface area (Å²) in [6.45, 7) is 9.87. The van der Waals surface area contributed by atoms with Crippen LogP contribution in [-0.2, 0) is 10.0 Å². The van der Waals surface area contributed by atoms with Gasteiger partial charge in [-0.1, -0.05) is 48.9 Å². The largest absolute Gasteiger partial charge is 0.243 e. The number of unbranched alkanes of at least 4 members (excludes halogenated alkanes) is 2. The van der Waals surface area contributed by atoms with Crippen LogP contribution in [0, 0.1) is 6.92 Å². The maximum absolute atomic E-state index is 12.9. The van der Waals surface area contributed by atoms with Gasteiger partial charge in [0.2, 0.25) is 10.0 Å². The number of nitrogens with zero attached hydrogens (tertiary/aromatic N) is 1. The van der Waals surface area contributed by atoms with Gasteiger partial charge in [-0.2, -0.15) is 4.31 Å². The molecule has 1 atom stereocenters. The third-order valence-electron chi connectivity index (χ3n) is 4.16. The Morgan fingerprint density at radius 1 is 1.22 bits per heavy atom. The molecular formula is C19H25NO2S. The van der Waals surface area contributed by atoms with Crippen molar-refractivity contribution >= 4 is 10.0 Å². The van der Waals surface area contributed by atoms with Gasteiger partial charge in [-0.15, -0.1) is 6.58 Å². The van der Waals surface area contributed by atoms with Crippen LogP contribution >= 0.6 is 0 Å². The summed E-state index contributed by atoms with van der Waals surface area (Å²) in [5, 5.41) is 0. The highest BCUT2D eigenvalue weighted by Crippen LogP contribution is 2.28. The summed E-state index contributed by atoms with van der Waals surface area (Å²) in [7, 11) is -3.48. The maximum atomic E-state index is 12.9. The number of rotatable bonds is 8. The molecule has 0 aromatic heterocycles. The van der Waals surface area contributed by atoms with Crippen LogP contribution in [0.1, 0.15) is 31.2 Å². The molecule has 2 rings (SSSR count). The summed E-state index contributed by atoms with van der Waals surface area (Å²) < 4.78 is 27.5. The number of benzene rings is 1. The van der Waals surface area contributed by atoms with Gasteiger partial charge in [-0.25, -0.2) is 8.42 Å². The smallest absolute Gasteiger partial charge is 0.207 e. The fourth-order valence-corrected chi connectivity index (χ4v) is 4.38. The average molecular weight is 331 g/mol. The number of aryl methyl sites for hydroxylation is 1. The maximum Gasteiger partial charge on any atom is 0.243 e. The summed E-state index contributed by atoms with van der Waals surface area (Å²) in [6, 6.07) is 6.96. The molecule has 0 fully saturated rings. The van der Waals surface area contributed by atoms with E-state index in [0.29, 0.717) is 11.4 Å². The number of allylic oxidation sites excluding steroid dienone is 1. The zero-order valence-corrected chi connectivity index (χ0v) is 14.6. The van der Waals surface area contributed by atoms with Crippen molar-refractivity contribution in [2.75, 3.05) is 6.54 Å². The van der Waals surface area contributed by atoms with Crippen molar-refractivity contribution in [2.45, 2.75) is 43.5 Å². The van der Waals surface area contributed by atoms with E-state index in [1.165, 1.54) is 0 Å². The van der Waals surface area contributed by atoms with Crippen LogP contribution in [0.5, 0.6) is 0 Å². The van der Waals surface area contributed by atoms with Crippen LogP contribution in [0.25, 0.3) is 0 Å². The SMILES string of the molecule is C=CCCCCC1C=C(C=C)CN1S(=O)(=O)c1ccc(C)cc1. The van der Waals surface area contributed by atoms with Crippen molar-refractivity contribution in [3.8, 4) is 0 Å². The topological polar surface area (TPSA) is 37.4 Å². The van der Waals surface area contributed by atoms with Gasteiger partial charge in [0, 0.05) is 12.6 Å². The van der Waals surface area contributed by atoms with Crippen molar-refractivity contribution in [2.24, 2.45) is 0 Å². The Bertz CT molecular complexity index is 687. The van der Waals surface area contributed by atoms with E-state index in [1.807, 2.05) is 31.2 Å². The van der Waals surface area contributed by atoms with Crippen LogP contribution in [0.3, 0.4) is 0 Å². The zero-order chi connectivity index (χ0) is 16.9. The van der Waals surface area contributed by atoms with E-state index in [2.05, 4.69) is 13.2 Å². The first-order chi connectivity index (χ1) is 11.0. The molecule has 0 spiro atoms. The first-order valence-electron chi connectivity index (χ1n) is 8.01. The number of sulfonamides is 1. The third kappa shape index (κ3) is 4.21. The quantitative estimate of drug-likeness (QED) is 0.528. The number of hydrogen-bond acceptors (Lipinski definition) is 2. The molecule has 0 N–H and O–H groups in total. The number of hydrogen-bond donors (Lipinski definition) is 0. The standard InChI is InChI=1S/C19H25NO2S/c1-4-6-7-8-9-18-14-17(5-2)15-20(18)23(21,22)19-12-10-16(3)11-13-19/h4-5,10-14,18H,1-2,6-9,15H2,3H3. The van der Waals surface area contributed by atoms with Crippen LogP contribution in [0.2, 0.25) is 0 Å². The first kappa shape index (κ1) is 17.7. The Hall–Kier alpha value is -1.65. The zero-order valence-electron chi connectivity index (χ0n) is 13.7. The van der Waals surface area contributed by atoms with Crippen LogP contribution < -0.4 is 0 Å². The van der Waals surface area contributed by atoms with Gasteiger partial charge in [0.25, 0.3) is 0 Å². The van der Waals surface area contributed by atoms with Crippen LogP contribution in [0.4, 0.5) is 0 Å². The molecule has 0 saturated carbocycles. The summed E-state index contributed by atoms with van der Waals surface area (Å²) >= 11 is 0. The van der Waals surface area contributed by atoms with E-state index >= 15 is 0 Å². The van der Waals surface area contributed by atoms with Crippen LogP contribution in [0.15, 0.2) is 66.1 Å². The summed E-state index contributed by atoms with van der Waals surface area (Å²) in [5.74, 6) is 0. The Labute approximate surface area is 140 Å². The van der Waals surface area contributed by atoms with E-state index in [1.54, 1.807) is 22.5 Å². The normalized spacial score (nSPS) is 18.7. The van der Waals surface area contributed by atoms with E-state index < -0.39 is 10.0 Å². The van der Waals surface area contributed by atoms with Crippen LogP contribution in [-0.4, -0.2) is 25.3 Å². The lowest BCUT2D eigenvalue weighted by atomic mass is 10.1. The molecule has 0 aliphatic carbocycles. The van der Waals surface area contributed by atoms with E-state index in [-0.39, 0.29) is 6.04 Å². The van der Waals surface area contributed by atoms with Gasteiger partial charge < -0.3 is 0 Å². The monoisotopic (exact) mass is 331 g/mol. The third-order valence-corrected chi connectivity index (χ3v) is 6.05. The molecule has 23 heavy (non-hydrogen) atoms. The minimum atomic E-state index is -3.48. The summed E-state index contributed by atoms with van der Waals surface area (Å²) in [5.41, 5.74) is 2.03. The fourth-order valence-electron chi connectivity index (χ4n) is 2.79. The predicted octanol–water partition coefficient (Wildman–Crippen LogP) is 4.23.